The molecule has 0 saturated heterocycles. The molecule has 4 saturated carbocycles. The molecule has 0 spiro atoms. The van der Waals surface area contributed by atoms with Crippen molar-refractivity contribution in [1.29, 1.82) is 0 Å². The van der Waals surface area contributed by atoms with Crippen molar-refractivity contribution in [2.75, 3.05) is 0 Å². The van der Waals surface area contributed by atoms with E-state index in [1.807, 2.05) is 13.8 Å². The molecule has 4 unspecified atom stereocenters. The lowest BCUT2D eigenvalue weighted by atomic mass is 9.32. The molecule has 8 aliphatic rings. The molecule has 232 valence electrons. The van der Waals surface area contributed by atoms with Crippen LogP contribution in [0.25, 0.3) is 0 Å². The number of rotatable bonds is 6. The number of esters is 2. The molecular formula is C35H50O7. The molecule has 7 nitrogen and oxygen atoms in total. The Morgan fingerprint density at radius 1 is 1.00 bits per heavy atom. The molecule has 0 aromatic carbocycles. The quantitative estimate of drug-likeness (QED) is 0.313. The predicted molar refractivity (Wildman–Crippen MR) is 158 cm³/mol. The lowest BCUT2D eigenvalue weighted by Crippen LogP contribution is -2.71. The first-order valence-electron chi connectivity index (χ1n) is 15.9. The Hall–Kier alpha value is -2.28. The van der Waals surface area contributed by atoms with E-state index in [0.29, 0.717) is 44.1 Å². The molecule has 4 fully saturated rings. The van der Waals surface area contributed by atoms with E-state index < -0.39 is 52.4 Å². The van der Waals surface area contributed by atoms with E-state index in [4.69, 9.17) is 9.47 Å². The zero-order chi connectivity index (χ0) is 31.1. The van der Waals surface area contributed by atoms with Gasteiger partial charge in [-0.25, -0.2) is 4.79 Å². The molecule has 0 aromatic heterocycles. The van der Waals surface area contributed by atoms with Crippen LogP contribution in [0.4, 0.5) is 0 Å². The molecule has 7 heteroatoms. The number of fused-ring (bicyclic) bond motifs is 1. The molecule has 4 aliphatic carbocycles. The summed E-state index contributed by atoms with van der Waals surface area (Å²) in [6, 6.07) is 0. The zero-order valence-electron chi connectivity index (χ0n) is 26.9. The molecule has 0 aromatic rings. The van der Waals surface area contributed by atoms with Crippen LogP contribution < -0.4 is 0 Å². The molecule has 0 radical (unpaired) electrons. The number of hydrogen-bond acceptors (Lipinski definition) is 7. The zero-order valence-corrected chi connectivity index (χ0v) is 26.9. The minimum atomic E-state index is -0.736. The molecule has 8 bridgehead atoms. The number of aliphatic hydroxyl groups excluding tert-OH is 1. The predicted octanol–water partition coefficient (Wildman–Crippen LogP) is 5.78. The van der Waals surface area contributed by atoms with E-state index in [9.17, 15) is 24.3 Å². The summed E-state index contributed by atoms with van der Waals surface area (Å²) in [6.07, 6.45) is 3.16. The third-order valence-corrected chi connectivity index (χ3v) is 12.9. The second-order valence-corrected chi connectivity index (χ2v) is 15.2. The second kappa shape index (κ2) is 10.4. The number of ether oxygens (including phenoxy) is 2. The highest BCUT2D eigenvalue weighted by Gasteiger charge is 2.75. The van der Waals surface area contributed by atoms with Gasteiger partial charge < -0.3 is 14.6 Å². The number of Topliss-reactive ketones (excluding diaryl/α,β-unsaturated/α-hetero) is 2. The Balaban J connectivity index is 1.84. The van der Waals surface area contributed by atoms with E-state index in [1.54, 1.807) is 13.8 Å². The van der Waals surface area contributed by atoms with E-state index in [-0.39, 0.29) is 41.2 Å². The average molecular weight is 583 g/mol. The SMILES string of the molecule is CC(=O)O[C@H]1C[C@@]2(C)[C@@H]3C[C@@H](O)C4[C@@]5(C)C(C(C)=O)C[C@@H](OC(=O)C(CCC=C(C)C)=C13)[C@@H](C)C5C(C(C)=O)C[C@]42C. The maximum Gasteiger partial charge on any atom is 0.334 e. The Kier molecular flexibility index (Phi) is 7.73. The van der Waals surface area contributed by atoms with Crippen molar-refractivity contribution in [2.45, 2.75) is 119 Å². The minimum absolute atomic E-state index is 0.0164. The maximum atomic E-state index is 14.3. The highest BCUT2D eigenvalue weighted by Crippen LogP contribution is 2.76. The van der Waals surface area contributed by atoms with Crippen LogP contribution in [0.2, 0.25) is 0 Å². The van der Waals surface area contributed by atoms with Gasteiger partial charge in [-0.15, -0.1) is 0 Å². The van der Waals surface area contributed by atoms with Gasteiger partial charge in [0.05, 0.1) is 6.10 Å². The van der Waals surface area contributed by atoms with Gasteiger partial charge in [0.1, 0.15) is 23.8 Å². The summed E-state index contributed by atoms with van der Waals surface area (Å²) in [7, 11) is 0. The third kappa shape index (κ3) is 4.30. The van der Waals surface area contributed by atoms with E-state index in [1.165, 1.54) is 6.92 Å². The van der Waals surface area contributed by atoms with E-state index in [0.717, 1.165) is 11.1 Å². The molecule has 12 atom stereocenters. The number of carbonyl (C=O) groups excluding carboxylic acids is 4. The van der Waals surface area contributed by atoms with Crippen molar-refractivity contribution >= 4 is 23.5 Å². The summed E-state index contributed by atoms with van der Waals surface area (Å²) < 4.78 is 12.4. The average Bonchev–Trinajstić information content (AvgIpc) is 3.13. The van der Waals surface area contributed by atoms with Crippen LogP contribution >= 0.6 is 0 Å². The van der Waals surface area contributed by atoms with E-state index >= 15 is 0 Å². The molecule has 8 rings (SSSR count). The minimum Gasteiger partial charge on any atom is -0.459 e. The van der Waals surface area contributed by atoms with Gasteiger partial charge in [-0.05, 0) is 112 Å². The number of carbonyl (C=O) groups is 4. The number of allylic oxidation sites excluding steroid dienone is 2. The fraction of sp³-hybridized carbons (Fsp3) is 0.771. The molecule has 0 amide bonds. The summed E-state index contributed by atoms with van der Waals surface area (Å²) in [4.78, 5) is 53.9. The van der Waals surface area contributed by atoms with Gasteiger partial charge in [-0.3, -0.25) is 14.4 Å². The maximum absolute atomic E-state index is 14.3. The number of aliphatic hydroxyl groups is 1. The van der Waals surface area contributed by atoms with Crippen LogP contribution in [0, 0.1) is 51.8 Å². The van der Waals surface area contributed by atoms with Crippen molar-refractivity contribution in [3.8, 4) is 0 Å². The highest BCUT2D eigenvalue weighted by molar-refractivity contribution is 5.90. The van der Waals surface area contributed by atoms with Gasteiger partial charge >= 0.3 is 11.9 Å². The summed E-state index contributed by atoms with van der Waals surface area (Å²) in [5.74, 6) is -2.40. The lowest BCUT2D eigenvalue weighted by molar-refractivity contribution is -0.264. The normalized spacial score (nSPS) is 45.7. The van der Waals surface area contributed by atoms with Crippen LogP contribution in [0.15, 0.2) is 22.8 Å². The van der Waals surface area contributed by atoms with Gasteiger partial charge in [-0.1, -0.05) is 39.3 Å². The Bertz CT molecular complexity index is 1260. The van der Waals surface area contributed by atoms with Crippen LogP contribution in [0.3, 0.4) is 0 Å². The summed E-state index contributed by atoms with van der Waals surface area (Å²) in [6.45, 7) is 17.3. The first-order chi connectivity index (χ1) is 19.5. The first kappa shape index (κ1) is 31.2. The van der Waals surface area contributed by atoms with Gasteiger partial charge in [-0.2, -0.15) is 0 Å². The molecule has 1 N–H and O–H groups in total. The topological polar surface area (TPSA) is 107 Å². The van der Waals surface area contributed by atoms with Crippen LogP contribution in [-0.4, -0.2) is 46.9 Å². The van der Waals surface area contributed by atoms with Crippen LogP contribution in [0.1, 0.15) is 101 Å². The van der Waals surface area contributed by atoms with E-state index in [2.05, 4.69) is 33.8 Å². The van der Waals surface area contributed by atoms with Crippen LogP contribution in [-0.2, 0) is 28.7 Å². The molecule has 4 aliphatic heterocycles. The standard InChI is InChI=1S/C35H50O7/c1-17(2)11-10-12-22-29-25-13-26(39)31-34(8,33(25,7)16-28(29)41-21(6)38)15-23(19(4)36)30-18(3)27(42-32(22)40)14-24(20(5)37)35(30,31)9/h11,18,23-28,30-31,39H,10,12-16H2,1-9H3/t18-,23?,24?,25-,26-,27-,28+,30?,31?,33+,34-,35+/m1/s1. The smallest absolute Gasteiger partial charge is 0.334 e. The molecule has 4 heterocycles. The summed E-state index contributed by atoms with van der Waals surface area (Å²) in [5, 5.41) is 12.3. The first-order valence-corrected chi connectivity index (χ1v) is 15.9. The lowest BCUT2D eigenvalue weighted by Gasteiger charge is -2.71. The van der Waals surface area contributed by atoms with Gasteiger partial charge in [0.2, 0.25) is 0 Å². The van der Waals surface area contributed by atoms with Crippen LogP contribution in [0.5, 0.6) is 0 Å². The van der Waals surface area contributed by atoms with Gasteiger partial charge in [0.25, 0.3) is 0 Å². The Labute approximate surface area is 250 Å². The van der Waals surface area contributed by atoms with Crippen molar-refractivity contribution < 1.29 is 33.8 Å². The fourth-order valence-electron chi connectivity index (χ4n) is 11.3. The molecular weight excluding hydrogens is 532 g/mol. The fourth-order valence-corrected chi connectivity index (χ4v) is 11.3. The Morgan fingerprint density at radius 2 is 1.67 bits per heavy atom. The Morgan fingerprint density at radius 3 is 2.24 bits per heavy atom. The van der Waals surface area contributed by atoms with Crippen molar-refractivity contribution in [3.63, 3.8) is 0 Å². The number of hydrogen-bond donors (Lipinski definition) is 1. The summed E-state index contributed by atoms with van der Waals surface area (Å²) in [5.41, 5.74) is 0.774. The monoisotopic (exact) mass is 582 g/mol. The number of ketones is 2. The highest BCUT2D eigenvalue weighted by atomic mass is 16.5. The van der Waals surface area contributed by atoms with Crippen molar-refractivity contribution in [2.24, 2.45) is 51.8 Å². The third-order valence-electron chi connectivity index (χ3n) is 12.9. The molecule has 42 heavy (non-hydrogen) atoms. The largest absolute Gasteiger partial charge is 0.459 e. The second-order valence-electron chi connectivity index (χ2n) is 15.2. The summed E-state index contributed by atoms with van der Waals surface area (Å²) >= 11 is 0. The van der Waals surface area contributed by atoms with Crippen molar-refractivity contribution in [3.05, 3.63) is 22.8 Å². The van der Waals surface area contributed by atoms with Crippen molar-refractivity contribution in [1.82, 2.24) is 0 Å². The van der Waals surface area contributed by atoms with Gasteiger partial charge in [0.15, 0.2) is 0 Å². The van der Waals surface area contributed by atoms with Gasteiger partial charge in [0, 0.05) is 24.3 Å².